The van der Waals surface area contributed by atoms with Crippen LogP contribution in [0.2, 0.25) is 5.02 Å². The molecule has 0 aliphatic carbocycles. The molecule has 1 aliphatic rings. The van der Waals surface area contributed by atoms with Crippen LogP contribution in [0, 0.1) is 5.82 Å². The van der Waals surface area contributed by atoms with Crippen LogP contribution >= 0.6 is 11.6 Å². The van der Waals surface area contributed by atoms with Crippen LogP contribution in [0.4, 0.5) is 4.39 Å². The molecule has 150 valence electrons. The molecule has 3 rings (SSSR count). The number of carbonyl (C=O) groups is 1. The van der Waals surface area contributed by atoms with Gasteiger partial charge >= 0.3 is 0 Å². The molecule has 0 aromatic heterocycles. The Bertz CT molecular complexity index is 975. The van der Waals surface area contributed by atoms with Crippen LogP contribution in [0.25, 0.3) is 0 Å². The summed E-state index contributed by atoms with van der Waals surface area (Å²) in [7, 11) is -2.16. The molecule has 0 saturated carbocycles. The van der Waals surface area contributed by atoms with Gasteiger partial charge in [0.2, 0.25) is 10.0 Å². The SMILES string of the molecule is CN(Cc1ccccc1F)C(=O)c1cc(S(=O)(=O)N2CCCCC2)ccc1Cl. The van der Waals surface area contributed by atoms with E-state index >= 15 is 0 Å². The minimum absolute atomic E-state index is 0.0430. The minimum Gasteiger partial charge on any atom is -0.337 e. The Morgan fingerprint density at radius 1 is 1.14 bits per heavy atom. The van der Waals surface area contributed by atoms with Gasteiger partial charge in [0, 0.05) is 32.2 Å². The second kappa shape index (κ2) is 8.59. The van der Waals surface area contributed by atoms with Crippen molar-refractivity contribution in [3.8, 4) is 0 Å². The number of hydrogen-bond acceptors (Lipinski definition) is 3. The number of rotatable bonds is 5. The quantitative estimate of drug-likeness (QED) is 0.730. The Balaban J connectivity index is 1.86. The normalized spacial score (nSPS) is 15.4. The number of benzene rings is 2. The van der Waals surface area contributed by atoms with Crippen LogP contribution in [0.1, 0.15) is 35.2 Å². The van der Waals surface area contributed by atoms with E-state index in [2.05, 4.69) is 0 Å². The summed E-state index contributed by atoms with van der Waals surface area (Å²) in [6.45, 7) is 0.994. The molecule has 0 unspecified atom stereocenters. The summed E-state index contributed by atoms with van der Waals surface area (Å²) in [4.78, 5) is 14.2. The van der Waals surface area contributed by atoms with Crippen LogP contribution in [-0.4, -0.2) is 43.7 Å². The van der Waals surface area contributed by atoms with Crippen molar-refractivity contribution in [1.82, 2.24) is 9.21 Å². The van der Waals surface area contributed by atoms with E-state index in [4.69, 9.17) is 11.6 Å². The van der Waals surface area contributed by atoms with Gasteiger partial charge < -0.3 is 4.90 Å². The van der Waals surface area contributed by atoms with Crippen molar-refractivity contribution in [3.05, 3.63) is 64.4 Å². The maximum absolute atomic E-state index is 13.9. The highest BCUT2D eigenvalue weighted by atomic mass is 35.5. The average molecular weight is 425 g/mol. The lowest BCUT2D eigenvalue weighted by molar-refractivity contribution is 0.0784. The lowest BCUT2D eigenvalue weighted by Gasteiger charge is -2.26. The molecule has 2 aromatic carbocycles. The summed E-state index contributed by atoms with van der Waals surface area (Å²) in [5.41, 5.74) is 0.449. The van der Waals surface area contributed by atoms with E-state index in [1.807, 2.05) is 0 Å². The molecule has 0 radical (unpaired) electrons. The summed E-state index contributed by atoms with van der Waals surface area (Å²) in [6.07, 6.45) is 2.66. The third kappa shape index (κ3) is 4.37. The number of carbonyl (C=O) groups excluding carboxylic acids is 1. The first-order valence-corrected chi connectivity index (χ1v) is 10.9. The van der Waals surface area contributed by atoms with Gasteiger partial charge in [-0.2, -0.15) is 4.31 Å². The summed E-state index contributed by atoms with van der Waals surface area (Å²) >= 11 is 6.18. The zero-order valence-electron chi connectivity index (χ0n) is 15.6. The molecule has 8 heteroatoms. The Morgan fingerprint density at radius 3 is 2.50 bits per heavy atom. The second-order valence-electron chi connectivity index (χ2n) is 6.86. The van der Waals surface area contributed by atoms with Gasteiger partial charge in [-0.25, -0.2) is 12.8 Å². The van der Waals surface area contributed by atoms with Crippen LogP contribution < -0.4 is 0 Å². The standard InChI is InChI=1S/C20H22ClFN2O3S/c1-23(14-15-7-3-4-8-19(15)22)20(25)17-13-16(9-10-18(17)21)28(26,27)24-11-5-2-6-12-24/h3-4,7-10,13H,2,5-6,11-12,14H2,1H3. The van der Waals surface area contributed by atoms with Gasteiger partial charge in [0.1, 0.15) is 5.82 Å². The summed E-state index contributed by atoms with van der Waals surface area (Å²) < 4.78 is 41.1. The van der Waals surface area contributed by atoms with E-state index in [0.717, 1.165) is 19.3 Å². The molecule has 1 aliphatic heterocycles. The topological polar surface area (TPSA) is 57.7 Å². The van der Waals surface area contributed by atoms with E-state index in [1.165, 1.54) is 40.5 Å². The zero-order chi connectivity index (χ0) is 20.3. The fourth-order valence-corrected chi connectivity index (χ4v) is 4.98. The zero-order valence-corrected chi connectivity index (χ0v) is 17.1. The molecule has 0 spiro atoms. The van der Waals surface area contributed by atoms with E-state index in [1.54, 1.807) is 18.2 Å². The van der Waals surface area contributed by atoms with Crippen LogP contribution in [0.15, 0.2) is 47.4 Å². The van der Waals surface area contributed by atoms with Crippen molar-refractivity contribution < 1.29 is 17.6 Å². The molecule has 0 atom stereocenters. The lowest BCUT2D eigenvalue weighted by Crippen LogP contribution is -2.35. The second-order valence-corrected chi connectivity index (χ2v) is 9.20. The molecule has 2 aromatic rings. The Labute approximate surface area is 169 Å². The highest BCUT2D eigenvalue weighted by Crippen LogP contribution is 2.26. The molecule has 0 bridgehead atoms. The summed E-state index contributed by atoms with van der Waals surface area (Å²) in [5, 5.41) is 0.156. The first-order chi connectivity index (χ1) is 13.3. The smallest absolute Gasteiger partial charge is 0.255 e. The number of halogens is 2. The van der Waals surface area contributed by atoms with Crippen LogP contribution in [0.5, 0.6) is 0 Å². The highest BCUT2D eigenvalue weighted by molar-refractivity contribution is 7.89. The summed E-state index contributed by atoms with van der Waals surface area (Å²) in [6, 6.07) is 10.3. The maximum atomic E-state index is 13.9. The Hall–Kier alpha value is -1.96. The van der Waals surface area contributed by atoms with Gasteiger partial charge in [-0.1, -0.05) is 36.2 Å². The highest BCUT2D eigenvalue weighted by Gasteiger charge is 2.28. The van der Waals surface area contributed by atoms with E-state index in [0.29, 0.717) is 18.7 Å². The molecule has 28 heavy (non-hydrogen) atoms. The van der Waals surface area contributed by atoms with Crippen molar-refractivity contribution >= 4 is 27.5 Å². The van der Waals surface area contributed by atoms with E-state index in [-0.39, 0.29) is 22.0 Å². The first-order valence-electron chi connectivity index (χ1n) is 9.09. The molecular weight excluding hydrogens is 403 g/mol. The molecule has 1 amide bonds. The predicted octanol–water partition coefficient (Wildman–Crippen LogP) is 3.93. The molecular formula is C20H22ClFN2O3S. The maximum Gasteiger partial charge on any atom is 0.255 e. The van der Waals surface area contributed by atoms with Gasteiger partial charge in [-0.05, 0) is 37.1 Å². The molecule has 0 N–H and O–H groups in total. The van der Waals surface area contributed by atoms with Crippen molar-refractivity contribution in [2.45, 2.75) is 30.7 Å². The molecule has 1 saturated heterocycles. The third-order valence-electron chi connectivity index (χ3n) is 4.83. The first kappa shape index (κ1) is 20.8. The summed E-state index contributed by atoms with van der Waals surface area (Å²) in [5.74, 6) is -0.876. The number of piperidine rings is 1. The molecule has 5 nitrogen and oxygen atoms in total. The van der Waals surface area contributed by atoms with Crippen molar-refractivity contribution in [2.75, 3.05) is 20.1 Å². The number of hydrogen-bond donors (Lipinski definition) is 0. The van der Waals surface area contributed by atoms with Gasteiger partial charge in [0.25, 0.3) is 5.91 Å². The van der Waals surface area contributed by atoms with Crippen LogP contribution in [-0.2, 0) is 16.6 Å². The number of amides is 1. The minimum atomic E-state index is -3.68. The third-order valence-corrected chi connectivity index (χ3v) is 7.06. The van der Waals surface area contributed by atoms with Gasteiger partial charge in [0.15, 0.2) is 0 Å². The fourth-order valence-electron chi connectivity index (χ4n) is 3.24. The van der Waals surface area contributed by atoms with Crippen molar-refractivity contribution in [1.29, 1.82) is 0 Å². The van der Waals surface area contributed by atoms with E-state index < -0.39 is 21.7 Å². The van der Waals surface area contributed by atoms with Gasteiger partial charge in [0.05, 0.1) is 15.5 Å². The van der Waals surface area contributed by atoms with Gasteiger partial charge in [-0.3, -0.25) is 4.79 Å². The monoisotopic (exact) mass is 424 g/mol. The number of sulfonamides is 1. The largest absolute Gasteiger partial charge is 0.337 e. The molecule has 1 heterocycles. The Kier molecular flexibility index (Phi) is 6.37. The van der Waals surface area contributed by atoms with Crippen molar-refractivity contribution in [3.63, 3.8) is 0 Å². The Morgan fingerprint density at radius 2 is 1.82 bits per heavy atom. The lowest BCUT2D eigenvalue weighted by atomic mass is 10.1. The van der Waals surface area contributed by atoms with Gasteiger partial charge in [-0.15, -0.1) is 0 Å². The average Bonchev–Trinajstić information content (AvgIpc) is 2.70. The molecule has 1 fully saturated rings. The van der Waals surface area contributed by atoms with E-state index in [9.17, 15) is 17.6 Å². The number of nitrogens with zero attached hydrogens (tertiary/aromatic N) is 2. The van der Waals surface area contributed by atoms with Crippen molar-refractivity contribution in [2.24, 2.45) is 0 Å². The van der Waals surface area contributed by atoms with Crippen LogP contribution in [0.3, 0.4) is 0 Å². The fraction of sp³-hybridized carbons (Fsp3) is 0.350. The predicted molar refractivity (Wildman–Crippen MR) is 106 cm³/mol.